The van der Waals surface area contributed by atoms with Crippen LogP contribution in [0.5, 0.6) is 5.75 Å². The first-order valence-electron chi connectivity index (χ1n) is 33.6. The van der Waals surface area contributed by atoms with Crippen molar-refractivity contribution in [3.8, 4) is 5.75 Å². The van der Waals surface area contributed by atoms with Gasteiger partial charge in [-0.15, -0.1) is 0 Å². The van der Waals surface area contributed by atoms with Gasteiger partial charge in [-0.2, -0.15) is 0 Å². The summed E-state index contributed by atoms with van der Waals surface area (Å²) in [4.78, 5) is 180. The molecule has 534 valence electrons. The fraction of sp³-hybridized carbons (Fsp3) is 0.710. The SMILES string of the molecule is C/C=C/C[C@@H](C)[C@@H](O)[C@@H]1C(=O)N[C@@H](CC)C(=O)N(C)CC(=O)N(C)[C@@H]([C@@H](C)OCCC/C=N/Oc2ccccc2)C(=O)N[C@@H](C(C)C)C(=O)N(C)[C@@H](CC(C)C)C(=O)N[C@@H](C)C(=O)N2C(C)C[C@@H](C(=O)N(C)[C@@H](C(C)C)C(=O)N1C)N(C)C(=O)[C@H](CC(C)C)N(C)C(=O)[C@H]2C. The first-order chi connectivity index (χ1) is 44.4. The van der Waals surface area contributed by atoms with Crippen LogP contribution < -0.4 is 20.8 Å². The van der Waals surface area contributed by atoms with E-state index < -0.39 is 168 Å². The van der Waals surface area contributed by atoms with E-state index in [1.807, 2.05) is 45.9 Å². The number of aliphatic hydroxyl groups excluding tert-OH is 1. The van der Waals surface area contributed by atoms with Gasteiger partial charge in [0.05, 0.1) is 18.8 Å². The highest BCUT2D eigenvalue weighted by Crippen LogP contribution is 2.28. The van der Waals surface area contributed by atoms with Crippen LogP contribution in [-0.2, 0) is 57.5 Å². The van der Waals surface area contributed by atoms with Gasteiger partial charge in [0.25, 0.3) is 0 Å². The summed E-state index contributed by atoms with van der Waals surface area (Å²) in [6.07, 6.45) is 3.61. The Labute approximate surface area is 564 Å². The number of amides is 11. The molecule has 1 aromatic carbocycles. The minimum atomic E-state index is -1.67. The molecule has 2 aliphatic heterocycles. The normalized spacial score (nSPS) is 26.9. The zero-order chi connectivity index (χ0) is 72.2. The number of rotatable bonds is 19. The number of nitrogens with zero attached hydrogens (tertiary/aromatic N) is 9. The number of fused-ring (bicyclic) bond motifs is 3. The van der Waals surface area contributed by atoms with Crippen molar-refractivity contribution < 1.29 is 67.4 Å². The minimum Gasteiger partial charge on any atom is -0.390 e. The first-order valence-corrected chi connectivity index (χ1v) is 33.6. The average molecular weight is 1340 g/mol. The van der Waals surface area contributed by atoms with Crippen molar-refractivity contribution >= 4 is 71.2 Å². The molecule has 26 nitrogen and oxygen atoms in total. The van der Waals surface area contributed by atoms with E-state index in [4.69, 9.17) is 9.57 Å². The fourth-order valence-electron chi connectivity index (χ4n) is 12.3. The van der Waals surface area contributed by atoms with Crippen LogP contribution in [0.15, 0.2) is 47.6 Å². The maximum Gasteiger partial charge on any atom is 0.246 e. The van der Waals surface area contributed by atoms with Gasteiger partial charge in [0, 0.05) is 68.2 Å². The summed E-state index contributed by atoms with van der Waals surface area (Å²) < 4.78 is 6.24. The maximum atomic E-state index is 15.6. The molecule has 11 amide bonds. The van der Waals surface area contributed by atoms with Gasteiger partial charge in [-0.05, 0) is 121 Å². The highest BCUT2D eigenvalue weighted by atomic mass is 16.6. The highest BCUT2D eigenvalue weighted by Gasteiger charge is 2.48. The summed E-state index contributed by atoms with van der Waals surface area (Å²) in [7, 11) is 9.73. The zero-order valence-electron chi connectivity index (χ0n) is 60.7. The highest BCUT2D eigenvalue weighted by molar-refractivity contribution is 6.00. The Morgan fingerprint density at radius 2 is 1.18 bits per heavy atom. The Morgan fingerprint density at radius 1 is 0.611 bits per heavy atom. The summed E-state index contributed by atoms with van der Waals surface area (Å²) in [5.74, 6) is -9.71. The monoisotopic (exact) mass is 1330 g/mol. The van der Waals surface area contributed by atoms with Crippen molar-refractivity contribution in [1.29, 1.82) is 0 Å². The summed E-state index contributed by atoms with van der Waals surface area (Å²) >= 11 is 0. The van der Waals surface area contributed by atoms with E-state index in [0.29, 0.717) is 18.6 Å². The van der Waals surface area contributed by atoms with Crippen LogP contribution in [-0.4, -0.2) is 257 Å². The predicted octanol–water partition coefficient (Wildman–Crippen LogP) is 3.93. The van der Waals surface area contributed by atoms with Crippen LogP contribution in [0.2, 0.25) is 0 Å². The molecule has 1 aromatic rings. The molecule has 0 aromatic heterocycles. The second-order valence-electron chi connectivity index (χ2n) is 27.4. The molecule has 14 atom stereocenters. The zero-order valence-corrected chi connectivity index (χ0v) is 60.7. The van der Waals surface area contributed by atoms with Gasteiger partial charge in [0.1, 0.15) is 60.4 Å². The second kappa shape index (κ2) is 37.7. The van der Waals surface area contributed by atoms with Crippen molar-refractivity contribution in [2.75, 3.05) is 62.5 Å². The number of carbonyl (C=O) groups excluding carboxylic acids is 11. The summed E-state index contributed by atoms with van der Waals surface area (Å²) in [6, 6.07) is -5.52. The summed E-state index contributed by atoms with van der Waals surface area (Å²) in [5, 5.41) is 24.7. The van der Waals surface area contributed by atoms with Gasteiger partial charge >= 0.3 is 0 Å². The molecule has 1 unspecified atom stereocenters. The van der Waals surface area contributed by atoms with Gasteiger partial charge in [-0.25, -0.2) is 0 Å². The third kappa shape index (κ3) is 21.8. The molecule has 0 radical (unpaired) electrons. The Hall–Kier alpha value is -7.48. The lowest BCUT2D eigenvalue weighted by Crippen LogP contribution is -2.65. The van der Waals surface area contributed by atoms with Crippen LogP contribution >= 0.6 is 0 Å². The lowest BCUT2D eigenvalue weighted by Gasteiger charge is -2.45. The summed E-state index contributed by atoms with van der Waals surface area (Å²) in [6.45, 7) is 25.0. The molecular weight excluding hydrogens is 1220 g/mol. The molecule has 2 bridgehead atoms. The quantitative estimate of drug-likeness (QED) is 0.0661. The number of carbonyl (C=O) groups is 11. The van der Waals surface area contributed by atoms with Crippen LogP contribution in [0.4, 0.5) is 0 Å². The number of hydrogen-bond acceptors (Lipinski definition) is 15. The average Bonchev–Trinajstić information content (AvgIpc) is 0.799. The number of hydrogen-bond donors (Lipinski definition) is 4. The predicted molar refractivity (Wildman–Crippen MR) is 363 cm³/mol. The first kappa shape index (κ1) is 81.8. The lowest BCUT2D eigenvalue weighted by molar-refractivity contribution is -0.161. The van der Waals surface area contributed by atoms with Crippen LogP contribution in [0.3, 0.4) is 0 Å². The third-order valence-electron chi connectivity index (χ3n) is 18.2. The maximum absolute atomic E-state index is 15.6. The Morgan fingerprint density at radius 3 is 1.74 bits per heavy atom. The number of ether oxygens (including phenoxy) is 1. The van der Waals surface area contributed by atoms with Gasteiger partial charge in [0.2, 0.25) is 65.0 Å². The summed E-state index contributed by atoms with van der Waals surface area (Å²) in [5.41, 5.74) is 0. The molecular formula is C69H114N12O14. The van der Waals surface area contributed by atoms with E-state index in [2.05, 4.69) is 21.1 Å². The molecule has 3 rings (SSSR count). The molecule has 2 aliphatic rings. The van der Waals surface area contributed by atoms with Crippen LogP contribution in [0.25, 0.3) is 0 Å². The second-order valence-corrected chi connectivity index (χ2v) is 27.4. The molecule has 0 saturated carbocycles. The number of nitrogens with one attached hydrogen (secondary N) is 3. The number of oxime groups is 1. The molecule has 0 spiro atoms. The van der Waals surface area contributed by atoms with E-state index in [1.54, 1.807) is 92.8 Å². The number of aliphatic hydroxyl groups is 1. The lowest BCUT2D eigenvalue weighted by atomic mass is 9.91. The smallest absolute Gasteiger partial charge is 0.246 e. The van der Waals surface area contributed by atoms with Crippen LogP contribution in [0, 0.1) is 29.6 Å². The van der Waals surface area contributed by atoms with Gasteiger partial charge in [-0.3, -0.25) is 52.7 Å². The topological polar surface area (TPSA) is 301 Å². The minimum absolute atomic E-state index is 0.0219. The van der Waals surface area contributed by atoms with Crippen molar-refractivity contribution in [1.82, 2.24) is 55.1 Å². The van der Waals surface area contributed by atoms with Crippen molar-refractivity contribution in [3.63, 3.8) is 0 Å². The van der Waals surface area contributed by atoms with Crippen molar-refractivity contribution in [2.24, 2.45) is 34.7 Å². The van der Waals surface area contributed by atoms with E-state index in [-0.39, 0.29) is 50.5 Å². The number of benzene rings is 1. The van der Waals surface area contributed by atoms with Crippen molar-refractivity contribution in [3.05, 3.63) is 42.5 Å². The third-order valence-corrected chi connectivity index (χ3v) is 18.2. The Balaban J connectivity index is 2.38. The Kier molecular flexibility index (Phi) is 32.5. The van der Waals surface area contributed by atoms with Crippen molar-refractivity contribution in [2.45, 2.75) is 227 Å². The molecule has 2 saturated heterocycles. The number of para-hydroxylation sites is 1. The standard InChI is InChI=1S/C69H114N12O14/c1-23-25-31-44(11)59(83)58-62(86)72-50(24-2)65(89)74(16)39-54(82)78(20)57(48(15)94-35-30-29-34-70-95-49-32-27-26-28-33-49)61(85)73-55(42(7)8)68(92)75(17)51(36-40(3)4)60(84)71-46(13)63(87)81-45(12)38-53(67(91)79(21)56(43(9)10)69(93)80(58)22)77(19)66(90)52(37-41(5)6)76(18)64(88)47(81)14/h23,25-28,32-34,40-48,50-53,55-59,83H,24,29-31,35-39H2,1-22H3,(H,71,84)(H,72,86)(H,73,85)/b25-23+,70-34+/t44-,45?,46+,47-,48-,50+,51+,52+,53+,55+,56+,57+,58-,59-/m1/s1. The molecule has 0 aliphatic carbocycles. The van der Waals surface area contributed by atoms with E-state index in [1.165, 1.54) is 87.7 Å². The largest absolute Gasteiger partial charge is 0.390 e. The van der Waals surface area contributed by atoms with E-state index >= 15 is 24.0 Å². The molecule has 2 fully saturated rings. The molecule has 26 heteroatoms. The van der Waals surface area contributed by atoms with E-state index in [9.17, 15) is 33.9 Å². The molecule has 2 heterocycles. The number of unbranched alkanes of at least 4 members (excludes halogenated alkanes) is 1. The molecule has 95 heavy (non-hydrogen) atoms. The van der Waals surface area contributed by atoms with Gasteiger partial charge in [-0.1, -0.05) is 105 Å². The van der Waals surface area contributed by atoms with Gasteiger partial charge < -0.3 is 69.8 Å². The van der Waals surface area contributed by atoms with Gasteiger partial charge in [0.15, 0.2) is 5.75 Å². The number of likely N-dealkylation sites (N-methyl/N-ethyl adjacent to an activating group) is 7. The Bertz CT molecular complexity index is 2840. The number of allylic oxidation sites excluding steroid dienone is 2. The fourth-order valence-corrected chi connectivity index (χ4v) is 12.3. The molecule has 4 N–H and O–H groups in total. The van der Waals surface area contributed by atoms with Crippen LogP contribution in [0.1, 0.15) is 149 Å². The van der Waals surface area contributed by atoms with E-state index in [0.717, 1.165) is 14.7 Å².